The molecule has 20 heavy (non-hydrogen) atoms. The number of amides is 1. The number of fused-ring (bicyclic) bond motifs is 1. The van der Waals surface area contributed by atoms with Gasteiger partial charge >= 0.3 is 5.91 Å². The zero-order valence-electron chi connectivity index (χ0n) is 13.0. The van der Waals surface area contributed by atoms with Gasteiger partial charge in [-0.2, -0.15) is 0 Å². The van der Waals surface area contributed by atoms with Gasteiger partial charge < -0.3 is 9.88 Å². The van der Waals surface area contributed by atoms with Crippen LogP contribution in [0.5, 0.6) is 0 Å². The first-order valence-corrected chi connectivity index (χ1v) is 7.26. The largest absolute Gasteiger partial charge is 0.323 e. The van der Waals surface area contributed by atoms with Crippen LogP contribution in [0.15, 0.2) is 0 Å². The summed E-state index contributed by atoms with van der Waals surface area (Å²) in [5.41, 5.74) is 7.73. The molecular formula is C14H25N5O. The summed E-state index contributed by atoms with van der Waals surface area (Å²) in [6.45, 7) is 12.7. The normalized spacial score (nSPS) is 18.1. The van der Waals surface area contributed by atoms with Crippen molar-refractivity contribution in [1.29, 1.82) is 0 Å². The highest BCUT2D eigenvalue weighted by Crippen LogP contribution is 2.38. The standard InChI is InChI=1S/C14H25N5O/c1-6-16-18-13(20)12-17-10-9(19(12)7-2)8-15-11(10)14(3,4)5/h11,15-16H,6-8H2,1-5H3,(H,18,20). The number of nitrogens with one attached hydrogen (secondary N) is 3. The Bertz CT molecular complexity index is 500. The van der Waals surface area contributed by atoms with Gasteiger partial charge in [0.25, 0.3) is 0 Å². The molecule has 0 saturated carbocycles. The number of carbonyl (C=O) groups excluding carboxylic acids is 1. The number of aromatic nitrogens is 2. The quantitative estimate of drug-likeness (QED) is 0.728. The average molecular weight is 279 g/mol. The van der Waals surface area contributed by atoms with Crippen molar-refractivity contribution in [2.24, 2.45) is 5.41 Å². The lowest BCUT2D eigenvalue weighted by Gasteiger charge is -2.26. The number of nitrogens with zero attached hydrogens (tertiary/aromatic N) is 2. The number of hydrazine groups is 1. The van der Waals surface area contributed by atoms with Gasteiger partial charge in [0, 0.05) is 19.6 Å². The molecule has 2 rings (SSSR count). The van der Waals surface area contributed by atoms with Crippen LogP contribution in [0.4, 0.5) is 0 Å². The minimum Gasteiger partial charge on any atom is -0.323 e. The van der Waals surface area contributed by atoms with Gasteiger partial charge in [0.15, 0.2) is 0 Å². The van der Waals surface area contributed by atoms with Crippen LogP contribution in [0.25, 0.3) is 0 Å². The highest BCUT2D eigenvalue weighted by atomic mass is 16.2. The lowest BCUT2D eigenvalue weighted by Crippen LogP contribution is -2.39. The monoisotopic (exact) mass is 279 g/mol. The summed E-state index contributed by atoms with van der Waals surface area (Å²) in [4.78, 5) is 16.8. The van der Waals surface area contributed by atoms with Gasteiger partial charge in [-0.15, -0.1) is 0 Å². The van der Waals surface area contributed by atoms with Crippen molar-refractivity contribution in [3.63, 3.8) is 0 Å². The van der Waals surface area contributed by atoms with Crippen molar-refractivity contribution in [3.05, 3.63) is 17.2 Å². The average Bonchev–Trinajstić information content (AvgIpc) is 2.92. The van der Waals surface area contributed by atoms with Crippen LogP contribution >= 0.6 is 0 Å². The second-order valence-electron chi connectivity index (χ2n) is 6.18. The van der Waals surface area contributed by atoms with Crippen LogP contribution in [0.1, 0.15) is 62.7 Å². The third kappa shape index (κ3) is 2.58. The molecule has 2 heterocycles. The van der Waals surface area contributed by atoms with E-state index in [4.69, 9.17) is 0 Å². The first-order valence-electron chi connectivity index (χ1n) is 7.26. The molecule has 6 nitrogen and oxygen atoms in total. The first kappa shape index (κ1) is 15.0. The second kappa shape index (κ2) is 5.54. The molecule has 1 amide bonds. The summed E-state index contributed by atoms with van der Waals surface area (Å²) in [6, 6.07) is 0.191. The van der Waals surface area contributed by atoms with E-state index in [0.29, 0.717) is 12.4 Å². The highest BCUT2D eigenvalue weighted by molar-refractivity contribution is 5.90. The predicted octanol–water partition coefficient (Wildman–Crippen LogP) is 1.35. The van der Waals surface area contributed by atoms with E-state index in [9.17, 15) is 4.79 Å². The SMILES string of the molecule is CCNNC(=O)c1nc2c(n1CC)CNC2C(C)(C)C. The molecule has 6 heteroatoms. The van der Waals surface area contributed by atoms with E-state index in [2.05, 4.69) is 41.9 Å². The summed E-state index contributed by atoms with van der Waals surface area (Å²) in [6.07, 6.45) is 0. The fourth-order valence-electron chi connectivity index (χ4n) is 2.67. The molecule has 1 atom stereocenters. The fraction of sp³-hybridized carbons (Fsp3) is 0.714. The highest BCUT2D eigenvalue weighted by Gasteiger charge is 2.37. The minimum atomic E-state index is -0.171. The Hall–Kier alpha value is -1.40. The van der Waals surface area contributed by atoms with Gasteiger partial charge in [0.1, 0.15) is 0 Å². The van der Waals surface area contributed by atoms with E-state index < -0.39 is 0 Å². The van der Waals surface area contributed by atoms with Crippen LogP contribution in [-0.2, 0) is 13.1 Å². The number of hydrogen-bond acceptors (Lipinski definition) is 4. The fourth-order valence-corrected chi connectivity index (χ4v) is 2.67. The summed E-state index contributed by atoms with van der Waals surface area (Å²) < 4.78 is 2.00. The van der Waals surface area contributed by atoms with Crippen molar-refractivity contribution < 1.29 is 4.79 Å². The molecule has 0 saturated heterocycles. The molecular weight excluding hydrogens is 254 g/mol. The summed E-state index contributed by atoms with van der Waals surface area (Å²) >= 11 is 0. The molecule has 112 valence electrons. The Kier molecular flexibility index (Phi) is 4.15. The van der Waals surface area contributed by atoms with Crippen molar-refractivity contribution >= 4 is 5.91 Å². The molecule has 1 aliphatic heterocycles. The van der Waals surface area contributed by atoms with Gasteiger partial charge in [0.2, 0.25) is 5.82 Å². The molecule has 0 bridgehead atoms. The van der Waals surface area contributed by atoms with Crippen LogP contribution in [0.3, 0.4) is 0 Å². The molecule has 1 aliphatic rings. The Morgan fingerprint density at radius 1 is 1.45 bits per heavy atom. The summed E-state index contributed by atoms with van der Waals surface area (Å²) in [5.74, 6) is 0.324. The maximum Gasteiger partial charge on any atom is 0.301 e. The molecule has 3 N–H and O–H groups in total. The number of carbonyl (C=O) groups is 1. The van der Waals surface area contributed by atoms with E-state index in [1.807, 2.05) is 18.4 Å². The second-order valence-corrected chi connectivity index (χ2v) is 6.18. The number of rotatable bonds is 4. The first-order chi connectivity index (χ1) is 9.40. The number of imidazole rings is 1. The molecule has 0 aromatic carbocycles. The van der Waals surface area contributed by atoms with E-state index in [0.717, 1.165) is 24.5 Å². The minimum absolute atomic E-state index is 0.0770. The summed E-state index contributed by atoms with van der Waals surface area (Å²) in [5, 5.41) is 3.50. The van der Waals surface area contributed by atoms with E-state index in [-0.39, 0.29) is 17.4 Å². The van der Waals surface area contributed by atoms with Crippen LogP contribution in [0.2, 0.25) is 0 Å². The van der Waals surface area contributed by atoms with Crippen molar-refractivity contribution in [2.45, 2.75) is 53.8 Å². The molecule has 0 radical (unpaired) electrons. The molecule has 1 unspecified atom stereocenters. The maximum absolute atomic E-state index is 12.2. The summed E-state index contributed by atoms with van der Waals surface area (Å²) in [7, 11) is 0. The van der Waals surface area contributed by atoms with E-state index in [1.165, 1.54) is 0 Å². The Labute approximate surface area is 120 Å². The van der Waals surface area contributed by atoms with Gasteiger partial charge in [-0.25, -0.2) is 10.4 Å². The topological polar surface area (TPSA) is 71.0 Å². The van der Waals surface area contributed by atoms with Crippen LogP contribution in [0, 0.1) is 5.41 Å². The van der Waals surface area contributed by atoms with Gasteiger partial charge in [-0.1, -0.05) is 27.7 Å². The van der Waals surface area contributed by atoms with E-state index in [1.54, 1.807) is 0 Å². The van der Waals surface area contributed by atoms with Gasteiger partial charge in [-0.05, 0) is 12.3 Å². The zero-order valence-corrected chi connectivity index (χ0v) is 13.0. The van der Waals surface area contributed by atoms with Crippen molar-refractivity contribution in [2.75, 3.05) is 6.54 Å². The Morgan fingerprint density at radius 2 is 2.15 bits per heavy atom. The van der Waals surface area contributed by atoms with Gasteiger partial charge in [-0.3, -0.25) is 10.2 Å². The lowest BCUT2D eigenvalue weighted by molar-refractivity contribution is 0.0918. The molecule has 0 aliphatic carbocycles. The van der Waals surface area contributed by atoms with Crippen LogP contribution in [-0.4, -0.2) is 22.0 Å². The van der Waals surface area contributed by atoms with E-state index >= 15 is 0 Å². The third-order valence-corrected chi connectivity index (χ3v) is 3.61. The molecule has 1 aromatic rings. The zero-order chi connectivity index (χ0) is 14.9. The van der Waals surface area contributed by atoms with Crippen LogP contribution < -0.4 is 16.2 Å². The lowest BCUT2D eigenvalue weighted by atomic mass is 9.86. The van der Waals surface area contributed by atoms with Crippen molar-refractivity contribution in [3.8, 4) is 0 Å². The maximum atomic E-state index is 12.2. The Balaban J connectivity index is 2.35. The van der Waals surface area contributed by atoms with Gasteiger partial charge in [0.05, 0.1) is 17.4 Å². The third-order valence-electron chi connectivity index (χ3n) is 3.61. The molecule has 0 fully saturated rings. The Morgan fingerprint density at radius 3 is 2.70 bits per heavy atom. The predicted molar refractivity (Wildman–Crippen MR) is 78.1 cm³/mol. The molecule has 0 spiro atoms. The molecule has 1 aromatic heterocycles. The smallest absolute Gasteiger partial charge is 0.301 e. The van der Waals surface area contributed by atoms with Crippen molar-refractivity contribution in [1.82, 2.24) is 25.7 Å². The number of hydrogen-bond donors (Lipinski definition) is 3.